The summed E-state index contributed by atoms with van der Waals surface area (Å²) in [7, 11) is 1.66. The van der Waals surface area contributed by atoms with Crippen LogP contribution < -0.4 is 0 Å². The van der Waals surface area contributed by atoms with Gasteiger partial charge in [0.1, 0.15) is 6.04 Å². The van der Waals surface area contributed by atoms with Crippen molar-refractivity contribution < 1.29 is 22.7 Å². The predicted octanol–water partition coefficient (Wildman–Crippen LogP) is 4.66. The molecule has 1 amide bonds. The monoisotopic (exact) mass is 486 g/mol. The molecule has 1 saturated heterocycles. The van der Waals surface area contributed by atoms with E-state index in [2.05, 4.69) is 21.1 Å². The highest BCUT2D eigenvalue weighted by atomic mass is 19.4. The van der Waals surface area contributed by atoms with Crippen molar-refractivity contribution in [1.29, 1.82) is 0 Å². The summed E-state index contributed by atoms with van der Waals surface area (Å²) < 4.78 is 45.6. The fraction of sp³-hybridized carbons (Fsp3) is 0.538. The van der Waals surface area contributed by atoms with Crippen LogP contribution in [0.2, 0.25) is 0 Å². The largest absolute Gasteiger partial charge is 0.416 e. The summed E-state index contributed by atoms with van der Waals surface area (Å²) in [5, 5.41) is 0. The second-order valence-corrected chi connectivity index (χ2v) is 9.78. The summed E-state index contributed by atoms with van der Waals surface area (Å²) >= 11 is 0. The number of allylic oxidation sites excluding steroid dienone is 1. The number of carbonyl (C=O) groups excluding carboxylic acids is 1. The fourth-order valence-electron chi connectivity index (χ4n) is 5.82. The minimum absolute atomic E-state index is 0.131. The highest BCUT2D eigenvalue weighted by Gasteiger charge is 2.46. The van der Waals surface area contributed by atoms with Crippen LogP contribution in [0, 0.1) is 11.8 Å². The van der Waals surface area contributed by atoms with E-state index in [1.165, 1.54) is 12.1 Å². The van der Waals surface area contributed by atoms with Crippen LogP contribution in [-0.2, 0) is 15.7 Å². The van der Waals surface area contributed by atoms with E-state index < -0.39 is 11.7 Å². The Kier molecular flexibility index (Phi) is 6.61. The Hall–Kier alpha value is -2.81. The topological polar surface area (TPSA) is 66.6 Å². The van der Waals surface area contributed by atoms with Crippen molar-refractivity contribution in [1.82, 2.24) is 4.90 Å². The van der Waals surface area contributed by atoms with Crippen molar-refractivity contribution in [3.63, 3.8) is 0 Å². The number of rotatable bonds is 5. The van der Waals surface area contributed by atoms with Gasteiger partial charge in [-0.05, 0) is 67.1 Å². The number of amides is 1. The molecule has 1 aliphatic carbocycles. The van der Waals surface area contributed by atoms with Crippen molar-refractivity contribution in [3.8, 4) is 0 Å². The number of aliphatic imine (C=N–C) groups is 3. The van der Waals surface area contributed by atoms with Gasteiger partial charge in [0, 0.05) is 26.4 Å². The molecule has 5 rings (SSSR count). The number of amidine groups is 2. The second kappa shape index (κ2) is 9.68. The Morgan fingerprint density at radius 3 is 2.63 bits per heavy atom. The van der Waals surface area contributed by atoms with E-state index in [0.717, 1.165) is 24.8 Å². The molecule has 0 N–H and O–H groups in total. The van der Waals surface area contributed by atoms with Gasteiger partial charge in [0.2, 0.25) is 5.84 Å². The molecule has 9 heteroatoms. The Morgan fingerprint density at radius 1 is 1.17 bits per heavy atom. The van der Waals surface area contributed by atoms with Gasteiger partial charge in [0.05, 0.1) is 12.2 Å². The number of fused-ring (bicyclic) bond motifs is 2. The molecule has 186 valence electrons. The van der Waals surface area contributed by atoms with Gasteiger partial charge in [-0.2, -0.15) is 13.2 Å². The number of carbonyl (C=O) groups is 1. The molecular weight excluding hydrogens is 457 g/mol. The molecule has 6 nitrogen and oxygen atoms in total. The highest BCUT2D eigenvalue weighted by Crippen LogP contribution is 2.48. The number of likely N-dealkylation sites (tertiary alicyclic amines) is 1. The summed E-state index contributed by atoms with van der Waals surface area (Å²) in [6.07, 6.45) is 3.22. The molecule has 1 aromatic rings. The zero-order chi connectivity index (χ0) is 24.6. The summed E-state index contributed by atoms with van der Waals surface area (Å²) in [4.78, 5) is 28.5. The van der Waals surface area contributed by atoms with E-state index in [0.29, 0.717) is 43.9 Å². The van der Waals surface area contributed by atoms with E-state index in [1.54, 1.807) is 30.4 Å². The molecule has 2 fully saturated rings. The van der Waals surface area contributed by atoms with Crippen LogP contribution in [0.25, 0.3) is 0 Å². The first kappa shape index (κ1) is 23.9. The Balaban J connectivity index is 1.23. The first-order chi connectivity index (χ1) is 16.8. The van der Waals surface area contributed by atoms with Crippen LogP contribution >= 0.6 is 0 Å². The second-order valence-electron chi connectivity index (χ2n) is 9.78. The fourth-order valence-corrected chi connectivity index (χ4v) is 5.82. The molecule has 4 atom stereocenters. The summed E-state index contributed by atoms with van der Waals surface area (Å²) in [5.41, 5.74) is 0.928. The highest BCUT2D eigenvalue weighted by molar-refractivity contribution is 6.41. The Labute approximate surface area is 202 Å². The lowest BCUT2D eigenvalue weighted by Gasteiger charge is -2.21. The van der Waals surface area contributed by atoms with E-state index in [9.17, 15) is 18.0 Å². The minimum Gasteiger partial charge on any atom is -0.384 e. The van der Waals surface area contributed by atoms with Gasteiger partial charge in [0.25, 0.3) is 5.91 Å². The predicted molar refractivity (Wildman–Crippen MR) is 128 cm³/mol. The molecule has 0 radical (unpaired) electrons. The number of halogens is 3. The minimum atomic E-state index is -4.35. The third-order valence-corrected chi connectivity index (χ3v) is 7.54. The third kappa shape index (κ3) is 4.96. The molecule has 1 unspecified atom stereocenters. The molecule has 3 aliphatic heterocycles. The van der Waals surface area contributed by atoms with Crippen LogP contribution in [0.4, 0.5) is 13.2 Å². The summed E-state index contributed by atoms with van der Waals surface area (Å²) in [5.74, 6) is 0.821. The zero-order valence-electron chi connectivity index (χ0n) is 19.7. The lowest BCUT2D eigenvalue weighted by molar-refractivity contribution is -0.138. The lowest BCUT2D eigenvalue weighted by Crippen LogP contribution is -2.34. The van der Waals surface area contributed by atoms with Crippen LogP contribution in [0.5, 0.6) is 0 Å². The van der Waals surface area contributed by atoms with E-state index in [1.807, 2.05) is 0 Å². The van der Waals surface area contributed by atoms with Gasteiger partial charge in [-0.15, -0.1) is 0 Å². The van der Waals surface area contributed by atoms with Crippen LogP contribution in [-0.4, -0.2) is 61.5 Å². The first-order valence-corrected chi connectivity index (χ1v) is 12.2. The van der Waals surface area contributed by atoms with Crippen LogP contribution in [0.1, 0.15) is 49.1 Å². The molecule has 0 spiro atoms. The van der Waals surface area contributed by atoms with E-state index in [-0.39, 0.29) is 35.5 Å². The van der Waals surface area contributed by atoms with Crippen molar-refractivity contribution in [3.05, 3.63) is 47.0 Å². The average Bonchev–Trinajstić information content (AvgIpc) is 3.51. The van der Waals surface area contributed by atoms with Gasteiger partial charge in [-0.1, -0.05) is 24.3 Å². The van der Waals surface area contributed by atoms with Crippen molar-refractivity contribution in [2.24, 2.45) is 26.8 Å². The molecule has 1 aromatic carbocycles. The van der Waals surface area contributed by atoms with E-state index >= 15 is 0 Å². The standard InChI is InChI=1S/C26H29F3N4O2/c1-35-10-9-16-5-4-8-22-23(30-13-16)32-24(31-22)25(34)33-14-18-11-17(12-19(18)15-33)20-6-2-3-7-21(20)26(27,28)29/h2-3,5-7,13,17-19,22H,4,8-12,14-15H2,1H3/b16-5-,30-13-/t17-,18-,19+,22?. The van der Waals surface area contributed by atoms with Gasteiger partial charge in [-0.25, -0.2) is 9.98 Å². The first-order valence-electron chi connectivity index (χ1n) is 12.2. The SMILES string of the molecule is COCCC1=C/CCC2N=C(C(=O)N3C[C@H]4C[C@@H](c5ccccc5C(F)(F)F)C[C@H]4C3)N=C2/N=C\1. The number of benzene rings is 1. The quantitative estimate of drug-likeness (QED) is 0.608. The molecule has 4 aliphatic rings. The summed E-state index contributed by atoms with van der Waals surface area (Å²) in [6.45, 7) is 1.69. The summed E-state index contributed by atoms with van der Waals surface area (Å²) in [6, 6.07) is 5.67. The van der Waals surface area contributed by atoms with Gasteiger partial charge < -0.3 is 9.64 Å². The van der Waals surface area contributed by atoms with Crippen molar-refractivity contribution >= 4 is 23.8 Å². The number of nitrogens with zero attached hydrogens (tertiary/aromatic N) is 4. The van der Waals surface area contributed by atoms with Crippen molar-refractivity contribution in [2.75, 3.05) is 26.8 Å². The number of hydrogen-bond acceptors (Lipinski definition) is 5. The maximum atomic E-state index is 13.5. The molecule has 3 heterocycles. The van der Waals surface area contributed by atoms with Crippen molar-refractivity contribution in [2.45, 2.75) is 50.2 Å². The van der Waals surface area contributed by atoms with Gasteiger partial charge in [-0.3, -0.25) is 9.79 Å². The van der Waals surface area contributed by atoms with E-state index in [4.69, 9.17) is 4.74 Å². The molecule has 35 heavy (non-hydrogen) atoms. The average molecular weight is 487 g/mol. The third-order valence-electron chi connectivity index (χ3n) is 7.54. The number of alkyl halides is 3. The lowest BCUT2D eigenvalue weighted by atomic mass is 9.91. The van der Waals surface area contributed by atoms with Gasteiger partial charge in [0.15, 0.2) is 5.84 Å². The molecule has 1 saturated carbocycles. The maximum absolute atomic E-state index is 13.5. The smallest absolute Gasteiger partial charge is 0.384 e. The van der Waals surface area contributed by atoms with Crippen LogP contribution in [0.3, 0.4) is 0 Å². The van der Waals surface area contributed by atoms with Crippen LogP contribution in [0.15, 0.2) is 50.9 Å². The number of ether oxygens (including phenoxy) is 1. The maximum Gasteiger partial charge on any atom is 0.416 e. The number of hydrogen-bond donors (Lipinski definition) is 0. The Morgan fingerprint density at radius 2 is 1.91 bits per heavy atom. The zero-order valence-corrected chi connectivity index (χ0v) is 19.7. The number of methoxy groups -OCH3 is 1. The molecule has 0 bridgehead atoms. The normalized spacial score (nSPS) is 30.5. The van der Waals surface area contributed by atoms with Gasteiger partial charge >= 0.3 is 6.18 Å². The molecular formula is C26H29F3N4O2. The molecule has 0 aromatic heterocycles. The Bertz CT molecular complexity index is 1090.